The van der Waals surface area contributed by atoms with Gasteiger partial charge in [0.2, 0.25) is 0 Å². The van der Waals surface area contributed by atoms with Gasteiger partial charge < -0.3 is 5.32 Å². The van der Waals surface area contributed by atoms with Gasteiger partial charge in [-0.2, -0.15) is 0 Å². The van der Waals surface area contributed by atoms with Crippen molar-refractivity contribution in [2.24, 2.45) is 0 Å². The summed E-state index contributed by atoms with van der Waals surface area (Å²) in [6.07, 6.45) is 1.83. The Labute approximate surface area is 111 Å². The molecule has 2 aromatic rings. The molecular formula is C14H16ClFN2. The number of nitrogens with one attached hydrogen (secondary N) is 1. The minimum Gasteiger partial charge on any atom is -0.385 e. The zero-order valence-electron chi connectivity index (χ0n) is 10.6. The molecule has 0 fully saturated rings. The molecule has 0 bridgehead atoms. The number of fused-ring (bicyclic) bond motifs is 1. The lowest BCUT2D eigenvalue weighted by Crippen LogP contribution is -2.01. The van der Waals surface area contributed by atoms with Gasteiger partial charge in [0, 0.05) is 28.3 Å². The number of aromatic nitrogens is 1. The monoisotopic (exact) mass is 266 g/mol. The Hall–Kier alpha value is -1.35. The number of rotatable bonds is 4. The van der Waals surface area contributed by atoms with Crippen LogP contribution in [0.15, 0.2) is 18.2 Å². The van der Waals surface area contributed by atoms with Crippen LogP contribution in [0.2, 0.25) is 5.02 Å². The molecule has 0 radical (unpaired) electrons. The second-order valence-electron chi connectivity index (χ2n) is 4.23. The number of halogens is 2. The van der Waals surface area contributed by atoms with Crippen molar-refractivity contribution in [3.63, 3.8) is 0 Å². The highest BCUT2D eigenvalue weighted by atomic mass is 35.5. The highest BCUT2D eigenvalue weighted by Gasteiger charge is 2.10. The predicted molar refractivity (Wildman–Crippen MR) is 74.9 cm³/mol. The van der Waals surface area contributed by atoms with E-state index in [1.165, 1.54) is 6.07 Å². The Kier molecular flexibility index (Phi) is 4.02. The first-order chi connectivity index (χ1) is 8.65. The first-order valence-corrected chi connectivity index (χ1v) is 6.56. The largest absolute Gasteiger partial charge is 0.385 e. The summed E-state index contributed by atoms with van der Waals surface area (Å²) in [4.78, 5) is 4.37. The Morgan fingerprint density at radius 1 is 1.28 bits per heavy atom. The van der Waals surface area contributed by atoms with Crippen molar-refractivity contribution in [3.8, 4) is 0 Å². The van der Waals surface area contributed by atoms with E-state index < -0.39 is 0 Å². The summed E-state index contributed by atoms with van der Waals surface area (Å²) < 4.78 is 13.9. The Bertz CT molecular complexity index is 569. The van der Waals surface area contributed by atoms with Crippen molar-refractivity contribution in [2.45, 2.75) is 26.7 Å². The minimum absolute atomic E-state index is 0.366. The maximum absolute atomic E-state index is 13.9. The van der Waals surface area contributed by atoms with Crippen LogP contribution in [0.25, 0.3) is 10.9 Å². The fraction of sp³-hybridized carbons (Fsp3) is 0.357. The van der Waals surface area contributed by atoms with E-state index in [1.54, 1.807) is 6.07 Å². The molecule has 0 aliphatic carbocycles. The van der Waals surface area contributed by atoms with Crippen LogP contribution in [0, 0.1) is 5.82 Å². The fourth-order valence-electron chi connectivity index (χ4n) is 2.03. The molecule has 0 atom stereocenters. The van der Waals surface area contributed by atoms with Crippen LogP contribution < -0.4 is 5.32 Å². The van der Waals surface area contributed by atoms with E-state index in [0.29, 0.717) is 10.5 Å². The van der Waals surface area contributed by atoms with Crippen LogP contribution in [0.5, 0.6) is 0 Å². The van der Waals surface area contributed by atoms with E-state index in [1.807, 2.05) is 13.0 Å². The normalized spacial score (nSPS) is 10.9. The van der Waals surface area contributed by atoms with Gasteiger partial charge in [-0.25, -0.2) is 9.37 Å². The molecule has 96 valence electrons. The van der Waals surface area contributed by atoms with E-state index >= 15 is 0 Å². The topological polar surface area (TPSA) is 24.9 Å². The number of hydrogen-bond donors (Lipinski definition) is 1. The van der Waals surface area contributed by atoms with Crippen LogP contribution in [0.4, 0.5) is 10.1 Å². The molecule has 1 aromatic heterocycles. The quantitative estimate of drug-likeness (QED) is 0.887. The molecule has 0 saturated carbocycles. The fourth-order valence-corrected chi connectivity index (χ4v) is 2.23. The van der Waals surface area contributed by atoms with Gasteiger partial charge in [-0.05, 0) is 31.5 Å². The molecule has 0 unspecified atom stereocenters. The third-order valence-corrected chi connectivity index (χ3v) is 2.98. The van der Waals surface area contributed by atoms with Crippen molar-refractivity contribution in [1.82, 2.24) is 4.98 Å². The lowest BCUT2D eigenvalue weighted by atomic mass is 10.1. The number of benzene rings is 1. The zero-order chi connectivity index (χ0) is 13.1. The van der Waals surface area contributed by atoms with Crippen molar-refractivity contribution in [3.05, 3.63) is 34.7 Å². The number of hydrogen-bond acceptors (Lipinski definition) is 2. The van der Waals surface area contributed by atoms with Gasteiger partial charge in [0.25, 0.3) is 0 Å². The maximum atomic E-state index is 13.9. The van der Waals surface area contributed by atoms with Crippen molar-refractivity contribution >= 4 is 28.2 Å². The van der Waals surface area contributed by atoms with E-state index in [9.17, 15) is 4.39 Å². The van der Waals surface area contributed by atoms with Gasteiger partial charge in [-0.1, -0.05) is 24.9 Å². The molecule has 4 heteroatoms. The van der Waals surface area contributed by atoms with Gasteiger partial charge in [-0.3, -0.25) is 0 Å². The van der Waals surface area contributed by atoms with E-state index in [-0.39, 0.29) is 5.82 Å². The summed E-state index contributed by atoms with van der Waals surface area (Å²) in [6.45, 7) is 4.86. The number of aryl methyl sites for hydroxylation is 1. The van der Waals surface area contributed by atoms with Crippen LogP contribution >= 0.6 is 11.6 Å². The van der Waals surface area contributed by atoms with Gasteiger partial charge in [-0.15, -0.1) is 0 Å². The molecule has 0 spiro atoms. The summed E-state index contributed by atoms with van der Waals surface area (Å²) in [7, 11) is 0. The molecule has 0 aliphatic rings. The number of pyridine rings is 1. The Morgan fingerprint density at radius 3 is 2.72 bits per heavy atom. The number of anilines is 1. The van der Waals surface area contributed by atoms with E-state index in [0.717, 1.165) is 36.2 Å². The van der Waals surface area contributed by atoms with Gasteiger partial charge in [0.05, 0.1) is 0 Å². The molecule has 1 aromatic carbocycles. The van der Waals surface area contributed by atoms with E-state index in [4.69, 9.17) is 11.6 Å². The molecule has 0 aliphatic heterocycles. The first-order valence-electron chi connectivity index (χ1n) is 6.18. The van der Waals surface area contributed by atoms with Gasteiger partial charge in [0.15, 0.2) is 5.82 Å². The molecule has 0 saturated heterocycles. The molecule has 18 heavy (non-hydrogen) atoms. The maximum Gasteiger partial charge on any atom is 0.150 e. The average Bonchev–Trinajstić information content (AvgIpc) is 2.31. The summed E-state index contributed by atoms with van der Waals surface area (Å²) in [6, 6.07) is 5.04. The third kappa shape index (κ3) is 2.56. The molecular weight excluding hydrogens is 251 g/mol. The van der Waals surface area contributed by atoms with Crippen molar-refractivity contribution < 1.29 is 4.39 Å². The smallest absolute Gasteiger partial charge is 0.150 e. The number of nitrogens with zero attached hydrogens (tertiary/aromatic N) is 1. The predicted octanol–water partition coefficient (Wildman–Crippen LogP) is 4.41. The standard InChI is InChI=1S/C14H16ClFN2/c1-3-5-10-8-13(17-4-2)11-6-9(15)7-12(16)14(11)18-10/h6-8H,3-5H2,1-2H3,(H,17,18). The second-order valence-corrected chi connectivity index (χ2v) is 4.66. The summed E-state index contributed by atoms with van der Waals surface area (Å²) in [5.74, 6) is -0.366. The minimum atomic E-state index is -0.366. The third-order valence-electron chi connectivity index (χ3n) is 2.76. The molecule has 1 N–H and O–H groups in total. The highest BCUT2D eigenvalue weighted by molar-refractivity contribution is 6.31. The highest BCUT2D eigenvalue weighted by Crippen LogP contribution is 2.28. The molecule has 1 heterocycles. The summed E-state index contributed by atoms with van der Waals surface area (Å²) in [5.41, 5.74) is 2.19. The van der Waals surface area contributed by atoms with Gasteiger partial charge in [0.1, 0.15) is 5.52 Å². The molecule has 0 amide bonds. The first kappa shape index (κ1) is 13.1. The lowest BCUT2D eigenvalue weighted by Gasteiger charge is -2.11. The Balaban J connectivity index is 2.68. The second kappa shape index (κ2) is 5.53. The van der Waals surface area contributed by atoms with Crippen LogP contribution in [0.3, 0.4) is 0 Å². The van der Waals surface area contributed by atoms with Crippen molar-refractivity contribution in [2.75, 3.05) is 11.9 Å². The Morgan fingerprint density at radius 2 is 2.06 bits per heavy atom. The SMILES string of the molecule is CCCc1cc(NCC)c2cc(Cl)cc(F)c2n1. The zero-order valence-corrected chi connectivity index (χ0v) is 11.3. The van der Waals surface area contributed by atoms with Crippen LogP contribution in [-0.4, -0.2) is 11.5 Å². The van der Waals surface area contributed by atoms with Crippen LogP contribution in [-0.2, 0) is 6.42 Å². The van der Waals surface area contributed by atoms with Crippen LogP contribution in [0.1, 0.15) is 26.0 Å². The summed E-state index contributed by atoms with van der Waals surface area (Å²) in [5, 5.41) is 4.37. The van der Waals surface area contributed by atoms with E-state index in [2.05, 4.69) is 17.2 Å². The van der Waals surface area contributed by atoms with Gasteiger partial charge >= 0.3 is 0 Å². The molecule has 2 nitrogen and oxygen atoms in total. The average molecular weight is 267 g/mol. The van der Waals surface area contributed by atoms with Crippen molar-refractivity contribution in [1.29, 1.82) is 0 Å². The molecule has 2 rings (SSSR count). The lowest BCUT2D eigenvalue weighted by molar-refractivity contribution is 0.636. The summed E-state index contributed by atoms with van der Waals surface area (Å²) >= 11 is 5.90.